The normalized spacial score (nSPS) is 24.5. The maximum atomic E-state index is 11.5. The van der Waals surface area contributed by atoms with Crippen molar-refractivity contribution in [2.45, 2.75) is 38.7 Å². The fraction of sp³-hybridized carbons (Fsp3) is 0.818. The zero-order chi connectivity index (χ0) is 12.2. The van der Waals surface area contributed by atoms with Crippen LogP contribution in [0.2, 0.25) is 0 Å². The lowest BCUT2D eigenvalue weighted by Gasteiger charge is -2.29. The molecule has 0 aromatic rings. The van der Waals surface area contributed by atoms with E-state index in [9.17, 15) is 9.59 Å². The van der Waals surface area contributed by atoms with Gasteiger partial charge in [0.2, 0.25) is 0 Å². The Morgan fingerprint density at radius 1 is 1.50 bits per heavy atom. The lowest BCUT2D eigenvalue weighted by molar-refractivity contribution is -0.169. The van der Waals surface area contributed by atoms with Crippen LogP contribution in [-0.4, -0.2) is 36.9 Å². The summed E-state index contributed by atoms with van der Waals surface area (Å²) in [5.74, 6) is -1.87. The Kier molecular flexibility index (Phi) is 4.29. The van der Waals surface area contributed by atoms with Gasteiger partial charge in [0.05, 0.1) is 13.2 Å². The molecule has 0 spiro atoms. The molecule has 16 heavy (non-hydrogen) atoms. The molecule has 1 saturated heterocycles. The lowest BCUT2D eigenvalue weighted by Crippen LogP contribution is -2.41. The Hall–Kier alpha value is -1.10. The van der Waals surface area contributed by atoms with Crippen molar-refractivity contribution in [1.29, 1.82) is 0 Å². The summed E-state index contributed by atoms with van der Waals surface area (Å²) in [4.78, 5) is 22.6. The highest BCUT2D eigenvalue weighted by Crippen LogP contribution is 2.30. The number of esters is 1. The van der Waals surface area contributed by atoms with E-state index in [4.69, 9.17) is 9.84 Å². The van der Waals surface area contributed by atoms with E-state index in [0.717, 1.165) is 19.3 Å². The zero-order valence-corrected chi connectivity index (χ0v) is 9.69. The molecule has 0 bridgehead atoms. The van der Waals surface area contributed by atoms with Gasteiger partial charge in [-0.15, -0.1) is 0 Å². The summed E-state index contributed by atoms with van der Waals surface area (Å²) in [6.07, 6.45) is 2.84. The first-order chi connectivity index (χ1) is 7.50. The molecule has 0 amide bonds. The van der Waals surface area contributed by atoms with Crippen molar-refractivity contribution in [3.8, 4) is 0 Å². The van der Waals surface area contributed by atoms with Gasteiger partial charge < -0.3 is 14.6 Å². The summed E-state index contributed by atoms with van der Waals surface area (Å²) in [5, 5.41) is 9.11. The van der Waals surface area contributed by atoms with Crippen LogP contribution in [0.15, 0.2) is 0 Å². The number of hydrogen-bond donors (Lipinski definition) is 1. The first kappa shape index (κ1) is 13.0. The van der Waals surface area contributed by atoms with Crippen molar-refractivity contribution in [1.82, 2.24) is 0 Å². The van der Waals surface area contributed by atoms with Crippen molar-refractivity contribution in [3.05, 3.63) is 0 Å². The van der Waals surface area contributed by atoms with E-state index in [1.807, 2.05) is 0 Å². The summed E-state index contributed by atoms with van der Waals surface area (Å²) in [6, 6.07) is 0. The Labute approximate surface area is 94.7 Å². The molecular weight excluding hydrogens is 212 g/mol. The maximum Gasteiger partial charge on any atom is 0.323 e. The van der Waals surface area contributed by atoms with Crippen LogP contribution >= 0.6 is 0 Å². The van der Waals surface area contributed by atoms with E-state index >= 15 is 0 Å². The largest absolute Gasteiger partial charge is 0.480 e. The molecule has 5 heteroatoms. The van der Waals surface area contributed by atoms with Gasteiger partial charge in [-0.2, -0.15) is 0 Å². The highest BCUT2D eigenvalue weighted by molar-refractivity contribution is 5.98. The van der Waals surface area contributed by atoms with E-state index in [-0.39, 0.29) is 12.5 Å². The second-order valence-electron chi connectivity index (χ2n) is 4.32. The minimum Gasteiger partial charge on any atom is -0.480 e. The minimum absolute atomic E-state index is 0.158. The smallest absolute Gasteiger partial charge is 0.323 e. The summed E-state index contributed by atoms with van der Waals surface area (Å²) < 4.78 is 9.99. The molecule has 1 fully saturated rings. The van der Waals surface area contributed by atoms with Gasteiger partial charge in [0.1, 0.15) is 0 Å². The highest BCUT2D eigenvalue weighted by Gasteiger charge is 2.44. The summed E-state index contributed by atoms with van der Waals surface area (Å²) in [7, 11) is 1.20. The number of aliphatic carboxylic acids is 1. The topological polar surface area (TPSA) is 72.8 Å². The molecule has 1 aliphatic heterocycles. The lowest BCUT2D eigenvalue weighted by atomic mass is 9.83. The SMILES string of the molecule is COC(=O)C(C)(CC1CCCCO1)C(=O)O. The fourth-order valence-corrected chi connectivity index (χ4v) is 1.91. The van der Waals surface area contributed by atoms with Crippen LogP contribution in [0.4, 0.5) is 0 Å². The number of rotatable bonds is 4. The van der Waals surface area contributed by atoms with Crippen molar-refractivity contribution in [3.63, 3.8) is 0 Å². The third kappa shape index (κ3) is 2.72. The Morgan fingerprint density at radius 2 is 2.19 bits per heavy atom. The average Bonchev–Trinajstić information content (AvgIpc) is 2.28. The number of ether oxygens (including phenoxy) is 2. The Balaban J connectivity index is 2.70. The van der Waals surface area contributed by atoms with Crippen molar-refractivity contribution < 1.29 is 24.2 Å². The fourth-order valence-electron chi connectivity index (χ4n) is 1.91. The van der Waals surface area contributed by atoms with Crippen LogP contribution in [0.25, 0.3) is 0 Å². The molecule has 1 aliphatic rings. The molecule has 0 radical (unpaired) electrons. The van der Waals surface area contributed by atoms with Gasteiger partial charge in [0.15, 0.2) is 5.41 Å². The van der Waals surface area contributed by atoms with Crippen LogP contribution in [0.1, 0.15) is 32.6 Å². The quantitative estimate of drug-likeness (QED) is 0.580. The molecular formula is C11H18O5. The first-order valence-electron chi connectivity index (χ1n) is 5.44. The number of carbonyl (C=O) groups excluding carboxylic acids is 1. The van der Waals surface area contributed by atoms with Gasteiger partial charge in [0, 0.05) is 13.0 Å². The monoisotopic (exact) mass is 230 g/mol. The van der Waals surface area contributed by atoms with E-state index in [1.54, 1.807) is 0 Å². The number of carboxylic acids is 1. The number of methoxy groups -OCH3 is 1. The molecule has 2 atom stereocenters. The second-order valence-corrected chi connectivity index (χ2v) is 4.32. The van der Waals surface area contributed by atoms with Gasteiger partial charge in [-0.25, -0.2) is 0 Å². The molecule has 0 saturated carbocycles. The van der Waals surface area contributed by atoms with E-state index in [1.165, 1.54) is 14.0 Å². The standard InChI is InChI=1S/C11H18O5/c1-11(9(12)13,10(14)15-2)7-8-5-3-4-6-16-8/h8H,3-7H2,1-2H3,(H,12,13). The first-order valence-corrected chi connectivity index (χ1v) is 5.44. The van der Waals surface area contributed by atoms with Gasteiger partial charge in [-0.3, -0.25) is 9.59 Å². The van der Waals surface area contributed by atoms with Gasteiger partial charge in [-0.1, -0.05) is 0 Å². The van der Waals surface area contributed by atoms with Crippen LogP contribution in [0.3, 0.4) is 0 Å². The van der Waals surface area contributed by atoms with Crippen LogP contribution in [-0.2, 0) is 19.1 Å². The van der Waals surface area contributed by atoms with Crippen molar-refractivity contribution in [2.24, 2.45) is 5.41 Å². The molecule has 5 nitrogen and oxygen atoms in total. The molecule has 1 heterocycles. The molecule has 0 aliphatic carbocycles. The van der Waals surface area contributed by atoms with Crippen molar-refractivity contribution in [2.75, 3.05) is 13.7 Å². The summed E-state index contributed by atoms with van der Waals surface area (Å²) >= 11 is 0. The van der Waals surface area contributed by atoms with Gasteiger partial charge in [-0.05, 0) is 26.2 Å². The van der Waals surface area contributed by atoms with Crippen LogP contribution < -0.4 is 0 Å². The van der Waals surface area contributed by atoms with E-state index in [2.05, 4.69) is 4.74 Å². The summed E-state index contributed by atoms with van der Waals surface area (Å²) in [6.45, 7) is 2.03. The molecule has 1 N–H and O–H groups in total. The van der Waals surface area contributed by atoms with Gasteiger partial charge in [0.25, 0.3) is 0 Å². The molecule has 0 aromatic heterocycles. The second kappa shape index (κ2) is 5.30. The Bertz CT molecular complexity index is 270. The predicted octanol–water partition coefficient (Wildman–Crippen LogP) is 1.21. The number of carbonyl (C=O) groups is 2. The van der Waals surface area contributed by atoms with E-state index in [0.29, 0.717) is 6.61 Å². The highest BCUT2D eigenvalue weighted by atomic mass is 16.5. The third-order valence-corrected chi connectivity index (χ3v) is 3.02. The molecule has 2 unspecified atom stereocenters. The minimum atomic E-state index is -1.50. The average molecular weight is 230 g/mol. The van der Waals surface area contributed by atoms with Crippen LogP contribution in [0, 0.1) is 5.41 Å². The zero-order valence-electron chi connectivity index (χ0n) is 9.69. The molecule has 0 aromatic carbocycles. The van der Waals surface area contributed by atoms with E-state index < -0.39 is 17.4 Å². The number of carboxylic acid groups (broad SMARTS) is 1. The number of hydrogen-bond acceptors (Lipinski definition) is 4. The maximum absolute atomic E-state index is 11.5. The van der Waals surface area contributed by atoms with Crippen LogP contribution in [0.5, 0.6) is 0 Å². The molecule has 92 valence electrons. The van der Waals surface area contributed by atoms with Crippen molar-refractivity contribution >= 4 is 11.9 Å². The Morgan fingerprint density at radius 3 is 2.62 bits per heavy atom. The van der Waals surface area contributed by atoms with Gasteiger partial charge >= 0.3 is 11.9 Å². The predicted molar refractivity (Wildman–Crippen MR) is 56.0 cm³/mol. The third-order valence-electron chi connectivity index (χ3n) is 3.02. The summed E-state index contributed by atoms with van der Waals surface area (Å²) in [5.41, 5.74) is -1.50. The molecule has 1 rings (SSSR count).